The first-order chi connectivity index (χ1) is 11.7. The molecule has 1 amide bonds. The van der Waals surface area contributed by atoms with Crippen LogP contribution in [0.5, 0.6) is 0 Å². The molecule has 0 aromatic heterocycles. The van der Waals surface area contributed by atoms with E-state index in [-0.39, 0.29) is 5.91 Å². The molecule has 3 nitrogen and oxygen atoms in total. The Morgan fingerprint density at radius 1 is 0.750 bits per heavy atom. The number of rotatable bonds is 5. The molecule has 3 aromatic rings. The second-order valence-corrected chi connectivity index (χ2v) is 6.24. The van der Waals surface area contributed by atoms with Crippen LogP contribution in [-0.2, 0) is 11.2 Å². The number of halogens is 1. The second kappa shape index (κ2) is 7.79. The van der Waals surface area contributed by atoms with Crippen molar-refractivity contribution in [1.82, 2.24) is 0 Å². The van der Waals surface area contributed by atoms with Crippen LogP contribution in [0.25, 0.3) is 0 Å². The number of anilines is 3. The van der Waals surface area contributed by atoms with E-state index in [9.17, 15) is 4.79 Å². The number of carbonyl (C=O) groups excluding carboxylic acids is 1. The largest absolute Gasteiger partial charge is 0.356 e. The van der Waals surface area contributed by atoms with Crippen molar-refractivity contribution in [2.75, 3.05) is 10.6 Å². The van der Waals surface area contributed by atoms with Gasteiger partial charge in [-0.25, -0.2) is 0 Å². The molecule has 0 atom stereocenters. The molecule has 120 valence electrons. The molecule has 4 heteroatoms. The molecule has 0 aliphatic carbocycles. The first-order valence-electron chi connectivity index (χ1n) is 7.66. The van der Waals surface area contributed by atoms with Crippen LogP contribution in [0, 0.1) is 0 Å². The number of nitrogens with one attached hydrogen (secondary N) is 2. The van der Waals surface area contributed by atoms with Crippen LogP contribution < -0.4 is 10.6 Å². The van der Waals surface area contributed by atoms with Gasteiger partial charge in [-0.05, 0) is 48.0 Å². The van der Waals surface area contributed by atoms with Gasteiger partial charge in [-0.3, -0.25) is 4.79 Å². The van der Waals surface area contributed by atoms with Gasteiger partial charge in [0.25, 0.3) is 0 Å². The van der Waals surface area contributed by atoms with Gasteiger partial charge in [-0.1, -0.05) is 52.3 Å². The SMILES string of the molecule is O=C(Cc1ccccc1Br)Nc1ccc(Nc2ccccc2)cc1. The molecule has 0 radical (unpaired) electrons. The Morgan fingerprint density at radius 3 is 2.04 bits per heavy atom. The molecule has 0 fully saturated rings. The number of hydrogen-bond acceptors (Lipinski definition) is 2. The lowest BCUT2D eigenvalue weighted by Crippen LogP contribution is -2.14. The average Bonchev–Trinajstić information content (AvgIpc) is 2.60. The molecule has 0 saturated heterocycles. The zero-order valence-electron chi connectivity index (χ0n) is 13.0. The third-order valence-electron chi connectivity index (χ3n) is 3.54. The highest BCUT2D eigenvalue weighted by atomic mass is 79.9. The molecule has 24 heavy (non-hydrogen) atoms. The number of hydrogen-bond donors (Lipinski definition) is 2. The molecule has 0 unspecified atom stereocenters. The Kier molecular flexibility index (Phi) is 5.29. The van der Waals surface area contributed by atoms with Gasteiger partial charge in [-0.15, -0.1) is 0 Å². The summed E-state index contributed by atoms with van der Waals surface area (Å²) in [7, 11) is 0. The van der Waals surface area contributed by atoms with Crippen LogP contribution in [0.15, 0.2) is 83.3 Å². The highest BCUT2D eigenvalue weighted by molar-refractivity contribution is 9.10. The Labute approximate surface area is 149 Å². The van der Waals surface area contributed by atoms with Gasteiger partial charge in [0.1, 0.15) is 0 Å². The minimum absolute atomic E-state index is 0.0364. The van der Waals surface area contributed by atoms with E-state index in [2.05, 4.69) is 26.6 Å². The number of benzene rings is 3. The molecule has 0 spiro atoms. The van der Waals surface area contributed by atoms with E-state index >= 15 is 0 Å². The standard InChI is InChI=1S/C20H17BrN2O/c21-19-9-5-4-6-15(19)14-20(24)23-18-12-10-17(11-13-18)22-16-7-2-1-3-8-16/h1-13,22H,14H2,(H,23,24). The van der Waals surface area contributed by atoms with Crippen molar-refractivity contribution in [3.05, 3.63) is 88.9 Å². The third kappa shape index (κ3) is 4.46. The smallest absolute Gasteiger partial charge is 0.228 e. The molecular formula is C20H17BrN2O. The Bertz CT molecular complexity index is 817. The normalized spacial score (nSPS) is 10.2. The third-order valence-corrected chi connectivity index (χ3v) is 4.31. The summed E-state index contributed by atoms with van der Waals surface area (Å²) in [5, 5.41) is 6.23. The number of amides is 1. The van der Waals surface area contributed by atoms with E-state index in [4.69, 9.17) is 0 Å². The van der Waals surface area contributed by atoms with Crippen LogP contribution in [0.1, 0.15) is 5.56 Å². The highest BCUT2D eigenvalue weighted by Gasteiger charge is 2.06. The van der Waals surface area contributed by atoms with Crippen LogP contribution in [-0.4, -0.2) is 5.91 Å². The van der Waals surface area contributed by atoms with Gasteiger partial charge < -0.3 is 10.6 Å². The van der Waals surface area contributed by atoms with Gasteiger partial charge in [-0.2, -0.15) is 0 Å². The summed E-state index contributed by atoms with van der Waals surface area (Å²) in [6, 6.07) is 25.4. The van der Waals surface area contributed by atoms with E-state index in [0.717, 1.165) is 27.1 Å². The fourth-order valence-electron chi connectivity index (χ4n) is 2.34. The minimum atomic E-state index is -0.0364. The highest BCUT2D eigenvalue weighted by Crippen LogP contribution is 2.20. The quantitative estimate of drug-likeness (QED) is 0.624. The first kappa shape index (κ1) is 16.3. The minimum Gasteiger partial charge on any atom is -0.356 e. The molecule has 3 aromatic carbocycles. The lowest BCUT2D eigenvalue weighted by atomic mass is 10.1. The summed E-state index contributed by atoms with van der Waals surface area (Å²) < 4.78 is 0.947. The number of carbonyl (C=O) groups is 1. The van der Waals surface area contributed by atoms with Crippen molar-refractivity contribution in [3.8, 4) is 0 Å². The molecule has 0 aliphatic rings. The Balaban J connectivity index is 1.60. The first-order valence-corrected chi connectivity index (χ1v) is 8.45. The molecule has 0 bridgehead atoms. The van der Waals surface area contributed by atoms with E-state index in [1.165, 1.54) is 0 Å². The van der Waals surface area contributed by atoms with E-state index in [1.807, 2.05) is 78.9 Å². The van der Waals surface area contributed by atoms with Crippen molar-refractivity contribution in [3.63, 3.8) is 0 Å². The fraction of sp³-hybridized carbons (Fsp3) is 0.0500. The molecule has 0 aliphatic heterocycles. The topological polar surface area (TPSA) is 41.1 Å². The summed E-state index contributed by atoms with van der Waals surface area (Å²) in [6.45, 7) is 0. The Hall–Kier alpha value is -2.59. The van der Waals surface area contributed by atoms with Gasteiger partial charge >= 0.3 is 0 Å². The Morgan fingerprint density at radius 2 is 1.33 bits per heavy atom. The van der Waals surface area contributed by atoms with Crippen LogP contribution >= 0.6 is 15.9 Å². The average molecular weight is 381 g/mol. The van der Waals surface area contributed by atoms with Gasteiger partial charge in [0.15, 0.2) is 0 Å². The number of para-hydroxylation sites is 1. The maximum atomic E-state index is 12.2. The van der Waals surface area contributed by atoms with Crippen molar-refractivity contribution in [2.45, 2.75) is 6.42 Å². The van der Waals surface area contributed by atoms with Crippen LogP contribution in [0.2, 0.25) is 0 Å². The lowest BCUT2D eigenvalue weighted by molar-refractivity contribution is -0.115. The summed E-state index contributed by atoms with van der Waals surface area (Å²) in [5.41, 5.74) is 3.76. The van der Waals surface area contributed by atoms with E-state index < -0.39 is 0 Å². The van der Waals surface area contributed by atoms with Crippen molar-refractivity contribution in [2.24, 2.45) is 0 Å². The molecule has 0 saturated carbocycles. The maximum absolute atomic E-state index is 12.2. The summed E-state index contributed by atoms with van der Waals surface area (Å²) in [5.74, 6) is -0.0364. The van der Waals surface area contributed by atoms with Crippen LogP contribution in [0.4, 0.5) is 17.1 Å². The summed E-state index contributed by atoms with van der Waals surface area (Å²) in [4.78, 5) is 12.2. The molecule has 0 heterocycles. The monoisotopic (exact) mass is 380 g/mol. The van der Waals surface area contributed by atoms with Crippen molar-refractivity contribution >= 4 is 38.9 Å². The molecular weight excluding hydrogens is 364 g/mol. The van der Waals surface area contributed by atoms with E-state index in [0.29, 0.717) is 6.42 Å². The molecule has 2 N–H and O–H groups in total. The maximum Gasteiger partial charge on any atom is 0.228 e. The van der Waals surface area contributed by atoms with Crippen LogP contribution in [0.3, 0.4) is 0 Å². The summed E-state index contributed by atoms with van der Waals surface area (Å²) >= 11 is 3.46. The fourth-order valence-corrected chi connectivity index (χ4v) is 2.77. The molecule has 3 rings (SSSR count). The van der Waals surface area contributed by atoms with E-state index in [1.54, 1.807) is 0 Å². The lowest BCUT2D eigenvalue weighted by Gasteiger charge is -2.09. The predicted octanol–water partition coefficient (Wildman–Crippen LogP) is 5.37. The van der Waals surface area contributed by atoms with Gasteiger partial charge in [0.05, 0.1) is 6.42 Å². The van der Waals surface area contributed by atoms with Crippen molar-refractivity contribution in [1.29, 1.82) is 0 Å². The zero-order valence-corrected chi connectivity index (χ0v) is 14.6. The van der Waals surface area contributed by atoms with Gasteiger partial charge in [0.2, 0.25) is 5.91 Å². The van der Waals surface area contributed by atoms with Gasteiger partial charge in [0, 0.05) is 21.5 Å². The zero-order chi connectivity index (χ0) is 16.8. The second-order valence-electron chi connectivity index (χ2n) is 5.38. The summed E-state index contributed by atoms with van der Waals surface area (Å²) in [6.07, 6.45) is 0.339. The predicted molar refractivity (Wildman–Crippen MR) is 103 cm³/mol. The van der Waals surface area contributed by atoms with Crippen molar-refractivity contribution < 1.29 is 4.79 Å².